The summed E-state index contributed by atoms with van der Waals surface area (Å²) in [5.41, 5.74) is 4.84. The van der Waals surface area contributed by atoms with E-state index in [-0.39, 0.29) is 12.5 Å². The Morgan fingerprint density at radius 2 is 1.68 bits per heavy atom. The van der Waals surface area contributed by atoms with Gasteiger partial charge in [-0.25, -0.2) is 5.43 Å². The summed E-state index contributed by atoms with van der Waals surface area (Å²) in [6.07, 6.45) is 7.26. The largest absolute Gasteiger partial charge is 0.305 e. The van der Waals surface area contributed by atoms with Gasteiger partial charge >= 0.3 is 5.91 Å². The van der Waals surface area contributed by atoms with Crippen LogP contribution in [0.15, 0.2) is 90.3 Å². The third-order valence-corrected chi connectivity index (χ3v) is 4.71. The third-order valence-electron chi connectivity index (χ3n) is 3.88. The summed E-state index contributed by atoms with van der Waals surface area (Å²) in [5, 5.41) is 5.25. The highest BCUT2D eigenvalue weighted by atomic mass is 35.5. The summed E-state index contributed by atoms with van der Waals surface area (Å²) >= 11 is 12.3. The number of nitrogens with one attached hydrogen (secondary N) is 1. The number of aromatic nitrogens is 1. The number of hydrogen-bond acceptors (Lipinski definition) is 2. The smallest absolute Gasteiger partial charge is 0.266 e. The lowest BCUT2D eigenvalue weighted by Crippen LogP contribution is -2.41. The van der Waals surface area contributed by atoms with Crippen molar-refractivity contribution in [2.24, 2.45) is 5.10 Å². The second-order valence-electron chi connectivity index (χ2n) is 5.92. The summed E-state index contributed by atoms with van der Waals surface area (Å²) in [5.74, 6) is -0.223. The fourth-order valence-electron chi connectivity index (χ4n) is 2.49. The Hall–Kier alpha value is -2.95. The first-order valence-electron chi connectivity index (χ1n) is 8.61. The molecule has 0 aliphatic rings. The highest BCUT2D eigenvalue weighted by Crippen LogP contribution is 2.26. The Labute approximate surface area is 173 Å². The van der Waals surface area contributed by atoms with Crippen LogP contribution in [0.2, 0.25) is 10.0 Å². The lowest BCUT2D eigenvalue weighted by atomic mass is 10.1. The van der Waals surface area contributed by atoms with Crippen LogP contribution in [0.3, 0.4) is 0 Å². The van der Waals surface area contributed by atoms with Crippen molar-refractivity contribution in [1.29, 1.82) is 0 Å². The average Bonchev–Trinajstić information content (AvgIpc) is 2.72. The highest BCUT2D eigenvalue weighted by Gasteiger charge is 2.08. The van der Waals surface area contributed by atoms with E-state index in [9.17, 15) is 4.79 Å². The summed E-state index contributed by atoms with van der Waals surface area (Å²) in [7, 11) is 0. The van der Waals surface area contributed by atoms with Gasteiger partial charge in [-0.2, -0.15) is 9.67 Å². The van der Waals surface area contributed by atoms with Crippen molar-refractivity contribution in [2.75, 3.05) is 0 Å². The van der Waals surface area contributed by atoms with Gasteiger partial charge in [-0.05, 0) is 17.7 Å². The number of carbonyl (C=O) groups is 1. The molecule has 1 N–H and O–H groups in total. The standard InChI is InChI=1S/C22H17Cl2N3O/c23-19-11-7-10-18(22(19)24)12-13-20(17-8-3-1-4-9-17)25-26-21(28)16-27-14-5-2-6-15-27/h1-15H,16H2/p+1/b13-12+,25-20+. The number of allylic oxidation sites excluding steroid dienone is 1. The van der Waals surface area contributed by atoms with Gasteiger partial charge in [0.1, 0.15) is 0 Å². The molecule has 1 heterocycles. The van der Waals surface area contributed by atoms with Crippen LogP contribution in [0, 0.1) is 0 Å². The summed E-state index contributed by atoms with van der Waals surface area (Å²) in [4.78, 5) is 12.2. The Morgan fingerprint density at radius 3 is 2.43 bits per heavy atom. The number of benzene rings is 2. The molecule has 0 atom stereocenters. The number of rotatable bonds is 6. The van der Waals surface area contributed by atoms with E-state index in [1.807, 2.05) is 79.1 Å². The highest BCUT2D eigenvalue weighted by molar-refractivity contribution is 6.43. The van der Waals surface area contributed by atoms with Gasteiger partial charge in [0, 0.05) is 17.7 Å². The van der Waals surface area contributed by atoms with Crippen LogP contribution in [0.5, 0.6) is 0 Å². The molecular formula is C22H18Cl2N3O+. The monoisotopic (exact) mass is 410 g/mol. The van der Waals surface area contributed by atoms with Crippen LogP contribution in [0.4, 0.5) is 0 Å². The predicted molar refractivity (Wildman–Crippen MR) is 113 cm³/mol. The third kappa shape index (κ3) is 5.52. The second kappa shape index (κ2) is 9.83. The SMILES string of the molecule is O=C(C[n+]1ccccc1)N/N=C(\C=C\c1cccc(Cl)c1Cl)c1ccccc1. The van der Waals surface area contributed by atoms with Crippen LogP contribution >= 0.6 is 23.2 Å². The van der Waals surface area contributed by atoms with E-state index in [0.717, 1.165) is 11.1 Å². The van der Waals surface area contributed by atoms with Crippen molar-refractivity contribution in [2.45, 2.75) is 6.54 Å². The summed E-state index contributed by atoms with van der Waals surface area (Å²) < 4.78 is 1.77. The maximum Gasteiger partial charge on any atom is 0.305 e. The van der Waals surface area contributed by atoms with E-state index in [4.69, 9.17) is 23.2 Å². The molecule has 6 heteroatoms. The zero-order chi connectivity index (χ0) is 19.8. The van der Waals surface area contributed by atoms with E-state index in [1.165, 1.54) is 0 Å². The molecular weight excluding hydrogens is 393 g/mol. The van der Waals surface area contributed by atoms with Gasteiger partial charge in [0.25, 0.3) is 0 Å². The van der Waals surface area contributed by atoms with E-state index in [0.29, 0.717) is 15.8 Å². The zero-order valence-corrected chi connectivity index (χ0v) is 16.4. The fourth-order valence-corrected chi connectivity index (χ4v) is 2.86. The molecule has 0 saturated carbocycles. The van der Waals surface area contributed by atoms with E-state index < -0.39 is 0 Å². The van der Waals surface area contributed by atoms with Crippen molar-refractivity contribution in [3.63, 3.8) is 0 Å². The molecule has 1 aromatic heterocycles. The Balaban J connectivity index is 1.81. The molecule has 0 aliphatic heterocycles. The molecule has 4 nitrogen and oxygen atoms in total. The minimum absolute atomic E-state index is 0.177. The van der Waals surface area contributed by atoms with Crippen LogP contribution < -0.4 is 9.99 Å². The zero-order valence-electron chi connectivity index (χ0n) is 14.9. The van der Waals surface area contributed by atoms with Crippen molar-refractivity contribution in [3.05, 3.63) is 106 Å². The topological polar surface area (TPSA) is 45.3 Å². The molecule has 1 amide bonds. The van der Waals surface area contributed by atoms with E-state index >= 15 is 0 Å². The van der Waals surface area contributed by atoms with E-state index in [2.05, 4.69) is 10.5 Å². The molecule has 28 heavy (non-hydrogen) atoms. The summed E-state index contributed by atoms with van der Waals surface area (Å²) in [6, 6.07) is 20.6. The number of hydrazone groups is 1. The van der Waals surface area contributed by atoms with Crippen LogP contribution in [-0.2, 0) is 11.3 Å². The molecule has 3 aromatic rings. The normalized spacial score (nSPS) is 11.6. The minimum atomic E-state index is -0.223. The van der Waals surface area contributed by atoms with Gasteiger partial charge < -0.3 is 0 Å². The van der Waals surface area contributed by atoms with Crippen molar-refractivity contribution >= 4 is 40.9 Å². The molecule has 0 bridgehead atoms. The van der Waals surface area contributed by atoms with Crippen LogP contribution in [0.1, 0.15) is 11.1 Å². The molecule has 140 valence electrons. The molecule has 0 radical (unpaired) electrons. The van der Waals surface area contributed by atoms with Crippen molar-refractivity contribution in [1.82, 2.24) is 5.43 Å². The van der Waals surface area contributed by atoms with E-state index in [1.54, 1.807) is 16.7 Å². The first-order chi connectivity index (χ1) is 13.6. The molecule has 0 spiro atoms. The number of nitrogens with zero attached hydrogens (tertiary/aromatic N) is 2. The number of hydrogen-bond donors (Lipinski definition) is 1. The van der Waals surface area contributed by atoms with Crippen molar-refractivity contribution < 1.29 is 9.36 Å². The minimum Gasteiger partial charge on any atom is -0.266 e. The molecule has 0 fully saturated rings. The lowest BCUT2D eigenvalue weighted by molar-refractivity contribution is -0.684. The van der Waals surface area contributed by atoms with Gasteiger partial charge in [0.05, 0.1) is 15.8 Å². The van der Waals surface area contributed by atoms with Gasteiger partial charge in [-0.3, -0.25) is 4.79 Å². The number of pyridine rings is 1. The first-order valence-corrected chi connectivity index (χ1v) is 9.37. The first kappa shape index (κ1) is 19.8. The van der Waals surface area contributed by atoms with Crippen LogP contribution in [-0.4, -0.2) is 11.6 Å². The number of amides is 1. The molecule has 2 aromatic carbocycles. The fraction of sp³-hybridized carbons (Fsp3) is 0.0455. The predicted octanol–water partition coefficient (Wildman–Crippen LogP) is 4.51. The maximum atomic E-state index is 12.2. The number of carbonyl (C=O) groups excluding carboxylic acids is 1. The molecule has 0 unspecified atom stereocenters. The summed E-state index contributed by atoms with van der Waals surface area (Å²) in [6.45, 7) is 0.177. The van der Waals surface area contributed by atoms with Gasteiger partial charge in [0.15, 0.2) is 12.4 Å². The Kier molecular flexibility index (Phi) is 6.95. The number of halogens is 2. The van der Waals surface area contributed by atoms with Gasteiger partial charge in [-0.1, -0.05) is 77.8 Å². The van der Waals surface area contributed by atoms with Gasteiger partial charge in [0.2, 0.25) is 6.54 Å². The Bertz CT molecular complexity index is 1000. The Morgan fingerprint density at radius 1 is 0.964 bits per heavy atom. The molecule has 3 rings (SSSR count). The lowest BCUT2D eigenvalue weighted by Gasteiger charge is -2.04. The maximum absolute atomic E-state index is 12.2. The quantitative estimate of drug-likeness (QED) is 0.362. The van der Waals surface area contributed by atoms with Gasteiger partial charge in [-0.15, -0.1) is 0 Å². The second-order valence-corrected chi connectivity index (χ2v) is 6.71. The van der Waals surface area contributed by atoms with Crippen molar-refractivity contribution in [3.8, 4) is 0 Å². The molecule has 0 aliphatic carbocycles. The van der Waals surface area contributed by atoms with Crippen LogP contribution in [0.25, 0.3) is 6.08 Å². The average molecular weight is 411 g/mol. The molecule has 0 saturated heterocycles.